The summed E-state index contributed by atoms with van der Waals surface area (Å²) in [5.74, 6) is 0.267. The normalized spacial score (nSPS) is 16.8. The van der Waals surface area contributed by atoms with Crippen LogP contribution in [-0.2, 0) is 11.2 Å². The number of likely N-dealkylation sites (N-methyl/N-ethyl adjacent to an activating group) is 1. The third-order valence-corrected chi connectivity index (χ3v) is 4.29. The summed E-state index contributed by atoms with van der Waals surface area (Å²) in [5.41, 5.74) is 0.633. The van der Waals surface area contributed by atoms with Crippen molar-refractivity contribution in [2.75, 3.05) is 20.1 Å². The van der Waals surface area contributed by atoms with Crippen molar-refractivity contribution in [1.29, 1.82) is 5.26 Å². The van der Waals surface area contributed by atoms with Gasteiger partial charge in [0, 0.05) is 0 Å². The molecule has 4 heteroatoms. The Balaban J connectivity index is 1.69. The Kier molecular flexibility index (Phi) is 5.57. The molecule has 22 heavy (non-hydrogen) atoms. The second-order valence-electron chi connectivity index (χ2n) is 6.46. The molecule has 1 aliphatic rings. The van der Waals surface area contributed by atoms with Crippen LogP contribution in [0.5, 0.6) is 0 Å². The molecule has 0 radical (unpaired) electrons. The lowest BCUT2D eigenvalue weighted by Gasteiger charge is -2.24. The molecule has 118 valence electrons. The van der Waals surface area contributed by atoms with Crippen LogP contribution < -0.4 is 5.32 Å². The molecule has 1 N–H and O–H groups in total. The fraction of sp³-hybridized carbons (Fsp3) is 0.556. The van der Waals surface area contributed by atoms with Crippen LogP contribution in [0.1, 0.15) is 31.7 Å². The van der Waals surface area contributed by atoms with E-state index in [1.54, 1.807) is 0 Å². The van der Waals surface area contributed by atoms with Crippen LogP contribution in [0.3, 0.4) is 0 Å². The van der Waals surface area contributed by atoms with Gasteiger partial charge < -0.3 is 5.32 Å². The van der Waals surface area contributed by atoms with E-state index in [0.717, 1.165) is 32.2 Å². The van der Waals surface area contributed by atoms with Crippen molar-refractivity contribution in [3.05, 3.63) is 35.9 Å². The van der Waals surface area contributed by atoms with Gasteiger partial charge in [-0.05, 0) is 57.7 Å². The summed E-state index contributed by atoms with van der Waals surface area (Å²) < 4.78 is 0. The van der Waals surface area contributed by atoms with Gasteiger partial charge in [0.2, 0.25) is 5.91 Å². The van der Waals surface area contributed by atoms with Gasteiger partial charge in [0.1, 0.15) is 5.54 Å². The lowest BCUT2D eigenvalue weighted by atomic mass is 9.98. The molecule has 0 heterocycles. The Morgan fingerprint density at radius 1 is 1.41 bits per heavy atom. The van der Waals surface area contributed by atoms with Crippen LogP contribution in [0.15, 0.2) is 30.3 Å². The van der Waals surface area contributed by atoms with Gasteiger partial charge in [-0.2, -0.15) is 5.26 Å². The van der Waals surface area contributed by atoms with E-state index in [-0.39, 0.29) is 5.91 Å². The molecule has 0 aliphatic heterocycles. The number of aryl methyl sites for hydroxylation is 1. The highest BCUT2D eigenvalue weighted by molar-refractivity contribution is 5.79. The maximum atomic E-state index is 12.1. The fourth-order valence-corrected chi connectivity index (χ4v) is 2.73. The standard InChI is InChI=1S/C18H25N3O/c1-18(14-19,16-10-11-16)20-17(22)13-21(2)12-6-9-15-7-4-3-5-8-15/h3-5,7-8,16H,6,9-13H2,1-2H3,(H,20,22). The second kappa shape index (κ2) is 7.42. The van der Waals surface area contributed by atoms with E-state index in [1.165, 1.54) is 5.56 Å². The van der Waals surface area contributed by atoms with E-state index in [9.17, 15) is 10.1 Å². The van der Waals surface area contributed by atoms with E-state index in [2.05, 4.69) is 23.5 Å². The Morgan fingerprint density at radius 2 is 2.09 bits per heavy atom. The first-order valence-corrected chi connectivity index (χ1v) is 7.98. The van der Waals surface area contributed by atoms with Gasteiger partial charge >= 0.3 is 0 Å². The SMILES string of the molecule is CN(CCCc1ccccc1)CC(=O)NC(C)(C#N)C1CC1. The molecule has 1 unspecified atom stereocenters. The van der Waals surface area contributed by atoms with Gasteiger partial charge in [-0.25, -0.2) is 0 Å². The number of hydrogen-bond donors (Lipinski definition) is 1. The molecule has 1 fully saturated rings. The Morgan fingerprint density at radius 3 is 2.68 bits per heavy atom. The second-order valence-corrected chi connectivity index (χ2v) is 6.46. The minimum atomic E-state index is -0.692. The maximum absolute atomic E-state index is 12.1. The van der Waals surface area contributed by atoms with Crippen LogP contribution in [0.4, 0.5) is 0 Å². The van der Waals surface area contributed by atoms with Crippen molar-refractivity contribution in [3.63, 3.8) is 0 Å². The minimum Gasteiger partial charge on any atom is -0.337 e. The van der Waals surface area contributed by atoms with E-state index >= 15 is 0 Å². The fourth-order valence-electron chi connectivity index (χ4n) is 2.73. The molecule has 0 spiro atoms. The summed E-state index contributed by atoms with van der Waals surface area (Å²) in [6, 6.07) is 12.6. The first kappa shape index (κ1) is 16.5. The van der Waals surface area contributed by atoms with Crippen LogP contribution in [0, 0.1) is 17.2 Å². The number of nitrogens with one attached hydrogen (secondary N) is 1. The lowest BCUT2D eigenvalue weighted by Crippen LogP contribution is -2.49. The number of carbonyl (C=O) groups is 1. The van der Waals surface area contributed by atoms with E-state index in [4.69, 9.17) is 0 Å². The van der Waals surface area contributed by atoms with Gasteiger partial charge in [0.05, 0.1) is 12.6 Å². The van der Waals surface area contributed by atoms with E-state index in [0.29, 0.717) is 12.5 Å². The van der Waals surface area contributed by atoms with Crippen LogP contribution in [0.25, 0.3) is 0 Å². The summed E-state index contributed by atoms with van der Waals surface area (Å²) in [7, 11) is 1.95. The number of nitrogens with zero attached hydrogens (tertiary/aromatic N) is 2. The third-order valence-electron chi connectivity index (χ3n) is 4.29. The maximum Gasteiger partial charge on any atom is 0.235 e. The highest BCUT2D eigenvalue weighted by atomic mass is 16.2. The highest BCUT2D eigenvalue weighted by Gasteiger charge is 2.42. The first-order chi connectivity index (χ1) is 10.5. The van der Waals surface area contributed by atoms with Crippen LogP contribution in [0.2, 0.25) is 0 Å². The number of rotatable bonds is 8. The number of amides is 1. The van der Waals surface area contributed by atoms with E-state index < -0.39 is 5.54 Å². The smallest absolute Gasteiger partial charge is 0.235 e. The first-order valence-electron chi connectivity index (χ1n) is 7.98. The Bertz CT molecular complexity index is 533. The summed E-state index contributed by atoms with van der Waals surface area (Å²) >= 11 is 0. The molecule has 1 aromatic carbocycles. The molecule has 4 nitrogen and oxygen atoms in total. The molecule has 0 bridgehead atoms. The van der Waals surface area contributed by atoms with Gasteiger partial charge in [0.15, 0.2) is 0 Å². The van der Waals surface area contributed by atoms with Crippen molar-refractivity contribution in [1.82, 2.24) is 10.2 Å². The van der Waals surface area contributed by atoms with E-state index in [1.807, 2.05) is 37.1 Å². The van der Waals surface area contributed by atoms with Gasteiger partial charge in [-0.3, -0.25) is 9.69 Å². The Labute approximate surface area is 133 Å². The average Bonchev–Trinajstić information content (AvgIpc) is 3.33. The van der Waals surface area contributed by atoms with Crippen molar-refractivity contribution < 1.29 is 4.79 Å². The molecule has 1 amide bonds. The summed E-state index contributed by atoms with van der Waals surface area (Å²) in [4.78, 5) is 14.1. The molecule has 2 rings (SSSR count). The quantitative estimate of drug-likeness (QED) is 0.801. The molecule has 1 atom stereocenters. The third kappa shape index (κ3) is 4.85. The lowest BCUT2D eigenvalue weighted by molar-refractivity contribution is -0.123. The molecular weight excluding hydrogens is 274 g/mol. The molecule has 1 aliphatic carbocycles. The van der Waals surface area contributed by atoms with Gasteiger partial charge in [-0.1, -0.05) is 30.3 Å². The monoisotopic (exact) mass is 299 g/mol. The largest absolute Gasteiger partial charge is 0.337 e. The highest BCUT2D eigenvalue weighted by Crippen LogP contribution is 2.39. The molecular formula is C18H25N3O. The zero-order valence-corrected chi connectivity index (χ0v) is 13.5. The number of benzene rings is 1. The van der Waals surface area contributed by atoms with Crippen LogP contribution in [-0.4, -0.2) is 36.5 Å². The zero-order valence-electron chi connectivity index (χ0n) is 13.5. The van der Waals surface area contributed by atoms with Crippen LogP contribution >= 0.6 is 0 Å². The van der Waals surface area contributed by atoms with Gasteiger partial charge in [-0.15, -0.1) is 0 Å². The summed E-state index contributed by atoms with van der Waals surface area (Å²) in [6.07, 6.45) is 4.12. The van der Waals surface area contributed by atoms with Crippen molar-refractivity contribution in [2.24, 2.45) is 5.92 Å². The predicted octanol–water partition coefficient (Wildman–Crippen LogP) is 2.36. The van der Waals surface area contributed by atoms with Gasteiger partial charge in [0.25, 0.3) is 0 Å². The van der Waals surface area contributed by atoms with Crippen molar-refractivity contribution in [3.8, 4) is 6.07 Å². The number of nitriles is 1. The molecule has 1 saturated carbocycles. The van der Waals surface area contributed by atoms with Crippen molar-refractivity contribution >= 4 is 5.91 Å². The van der Waals surface area contributed by atoms with Crippen molar-refractivity contribution in [2.45, 2.75) is 38.1 Å². The molecule has 0 aromatic heterocycles. The molecule has 0 saturated heterocycles. The predicted molar refractivity (Wildman–Crippen MR) is 87.1 cm³/mol. The Hall–Kier alpha value is -1.86. The summed E-state index contributed by atoms with van der Waals surface area (Å²) in [6.45, 7) is 3.05. The topological polar surface area (TPSA) is 56.1 Å². The summed E-state index contributed by atoms with van der Waals surface area (Å²) in [5, 5.41) is 12.2. The average molecular weight is 299 g/mol. The zero-order chi connectivity index (χ0) is 16.0. The minimum absolute atomic E-state index is 0.0573. The number of hydrogen-bond acceptors (Lipinski definition) is 3. The number of carbonyl (C=O) groups excluding carboxylic acids is 1. The molecule has 1 aromatic rings.